The molecule has 5 nitrogen and oxygen atoms in total. The first-order chi connectivity index (χ1) is 9.15. The molecule has 0 spiro atoms. The van der Waals surface area contributed by atoms with E-state index in [1.165, 1.54) is 0 Å². The van der Waals surface area contributed by atoms with E-state index in [4.69, 9.17) is 10.5 Å². The highest BCUT2D eigenvalue weighted by Crippen LogP contribution is 2.15. The van der Waals surface area contributed by atoms with Crippen LogP contribution in [0.25, 0.3) is 0 Å². The molecule has 0 aromatic heterocycles. The SMILES string of the molecule is Nc1cccc(OCCC(=O)N2CCC[C@H](O)C2)c1. The minimum absolute atomic E-state index is 0.0302. The molecule has 5 heteroatoms. The van der Waals surface area contributed by atoms with Crippen LogP contribution in [0.3, 0.4) is 0 Å². The summed E-state index contributed by atoms with van der Waals surface area (Å²) in [4.78, 5) is 13.6. The minimum atomic E-state index is -0.382. The molecule has 1 amide bonds. The Morgan fingerprint density at radius 1 is 1.53 bits per heavy atom. The third kappa shape index (κ3) is 4.13. The summed E-state index contributed by atoms with van der Waals surface area (Å²) in [7, 11) is 0. The van der Waals surface area contributed by atoms with Crippen LogP contribution in [0, 0.1) is 0 Å². The number of piperidine rings is 1. The standard InChI is InChI=1S/C14H20N2O3/c15-11-3-1-5-13(9-11)19-8-6-14(18)16-7-2-4-12(17)10-16/h1,3,5,9,12,17H,2,4,6-8,10,15H2/t12-/m0/s1. The van der Waals surface area contributed by atoms with E-state index in [1.54, 1.807) is 17.0 Å². The van der Waals surface area contributed by atoms with Crippen molar-refractivity contribution in [1.29, 1.82) is 0 Å². The summed E-state index contributed by atoms with van der Waals surface area (Å²) in [6.07, 6.45) is 1.58. The molecule has 3 N–H and O–H groups in total. The van der Waals surface area contributed by atoms with Gasteiger partial charge in [-0.25, -0.2) is 0 Å². The zero-order valence-corrected chi connectivity index (χ0v) is 10.9. The number of nitrogens with two attached hydrogens (primary N) is 1. The first kappa shape index (κ1) is 13.7. The fraction of sp³-hybridized carbons (Fsp3) is 0.500. The molecule has 1 aromatic rings. The second kappa shape index (κ2) is 6.43. The minimum Gasteiger partial charge on any atom is -0.493 e. The number of anilines is 1. The van der Waals surface area contributed by atoms with E-state index in [0.717, 1.165) is 19.4 Å². The molecule has 1 saturated heterocycles. The van der Waals surface area contributed by atoms with Gasteiger partial charge in [0, 0.05) is 24.8 Å². The predicted octanol–water partition coefficient (Wildman–Crippen LogP) is 1.02. The van der Waals surface area contributed by atoms with E-state index >= 15 is 0 Å². The van der Waals surface area contributed by atoms with E-state index in [0.29, 0.717) is 31.0 Å². The zero-order valence-electron chi connectivity index (χ0n) is 10.9. The second-order valence-corrected chi connectivity index (χ2v) is 4.81. The lowest BCUT2D eigenvalue weighted by atomic mass is 10.1. The number of carbonyl (C=O) groups excluding carboxylic acids is 1. The molecule has 1 aromatic carbocycles. The number of hydrogen-bond donors (Lipinski definition) is 2. The molecular weight excluding hydrogens is 244 g/mol. The summed E-state index contributed by atoms with van der Waals surface area (Å²) in [6, 6.07) is 7.14. The summed E-state index contributed by atoms with van der Waals surface area (Å²) in [5.41, 5.74) is 6.28. The number of carbonyl (C=O) groups is 1. The largest absolute Gasteiger partial charge is 0.493 e. The lowest BCUT2D eigenvalue weighted by Crippen LogP contribution is -2.42. The molecule has 0 unspecified atom stereocenters. The van der Waals surface area contributed by atoms with Gasteiger partial charge in [-0.15, -0.1) is 0 Å². The van der Waals surface area contributed by atoms with Crippen molar-refractivity contribution < 1.29 is 14.6 Å². The number of ether oxygens (including phenoxy) is 1. The summed E-state index contributed by atoms with van der Waals surface area (Å²) in [5, 5.41) is 9.52. The van der Waals surface area contributed by atoms with E-state index in [1.807, 2.05) is 12.1 Å². The van der Waals surface area contributed by atoms with Gasteiger partial charge in [0.1, 0.15) is 5.75 Å². The van der Waals surface area contributed by atoms with Crippen LogP contribution in [0.15, 0.2) is 24.3 Å². The number of nitrogen functional groups attached to an aromatic ring is 1. The van der Waals surface area contributed by atoms with Crippen LogP contribution in [0.5, 0.6) is 5.75 Å². The van der Waals surface area contributed by atoms with Crippen molar-refractivity contribution >= 4 is 11.6 Å². The number of aliphatic hydroxyl groups excluding tert-OH is 1. The molecule has 0 bridgehead atoms. The summed E-state index contributed by atoms with van der Waals surface area (Å²) < 4.78 is 5.49. The third-order valence-corrected chi connectivity index (χ3v) is 3.19. The number of rotatable bonds is 4. The van der Waals surface area contributed by atoms with Gasteiger partial charge in [-0.05, 0) is 25.0 Å². The second-order valence-electron chi connectivity index (χ2n) is 4.81. The fourth-order valence-electron chi connectivity index (χ4n) is 2.20. The molecule has 1 atom stereocenters. The Kier molecular flexibility index (Phi) is 4.63. The van der Waals surface area contributed by atoms with Gasteiger partial charge in [-0.2, -0.15) is 0 Å². The molecule has 0 saturated carbocycles. The van der Waals surface area contributed by atoms with Crippen molar-refractivity contribution in [2.75, 3.05) is 25.4 Å². The first-order valence-electron chi connectivity index (χ1n) is 6.59. The van der Waals surface area contributed by atoms with Crippen molar-refractivity contribution in [3.8, 4) is 5.75 Å². The van der Waals surface area contributed by atoms with E-state index in [-0.39, 0.29) is 12.0 Å². The molecule has 1 aliphatic rings. The average Bonchev–Trinajstić information content (AvgIpc) is 2.38. The average molecular weight is 264 g/mol. The molecule has 1 aliphatic heterocycles. The molecule has 2 rings (SSSR count). The highest BCUT2D eigenvalue weighted by molar-refractivity contribution is 5.76. The van der Waals surface area contributed by atoms with Gasteiger partial charge >= 0.3 is 0 Å². The summed E-state index contributed by atoms with van der Waals surface area (Å²) >= 11 is 0. The molecule has 19 heavy (non-hydrogen) atoms. The van der Waals surface area contributed by atoms with Crippen molar-refractivity contribution in [1.82, 2.24) is 4.90 Å². The molecular formula is C14H20N2O3. The topological polar surface area (TPSA) is 75.8 Å². The number of hydrogen-bond acceptors (Lipinski definition) is 4. The van der Waals surface area contributed by atoms with Crippen molar-refractivity contribution in [2.45, 2.75) is 25.4 Å². The Bertz CT molecular complexity index is 436. The Hall–Kier alpha value is -1.75. The van der Waals surface area contributed by atoms with E-state index < -0.39 is 0 Å². The monoisotopic (exact) mass is 264 g/mol. The van der Waals surface area contributed by atoms with Gasteiger partial charge in [0.25, 0.3) is 0 Å². The molecule has 1 fully saturated rings. The third-order valence-electron chi connectivity index (χ3n) is 3.19. The normalized spacial score (nSPS) is 19.2. The van der Waals surface area contributed by atoms with Crippen LogP contribution in [-0.2, 0) is 4.79 Å². The van der Waals surface area contributed by atoms with Crippen LogP contribution in [0.2, 0.25) is 0 Å². The van der Waals surface area contributed by atoms with Gasteiger partial charge in [0.05, 0.1) is 19.1 Å². The highest BCUT2D eigenvalue weighted by Gasteiger charge is 2.21. The van der Waals surface area contributed by atoms with Gasteiger partial charge in [-0.3, -0.25) is 4.79 Å². The maximum absolute atomic E-state index is 11.9. The Balaban J connectivity index is 1.74. The molecule has 0 radical (unpaired) electrons. The molecule has 104 valence electrons. The summed E-state index contributed by atoms with van der Waals surface area (Å²) in [6.45, 7) is 1.50. The van der Waals surface area contributed by atoms with Gasteiger partial charge in [0.15, 0.2) is 0 Å². The van der Waals surface area contributed by atoms with Crippen LogP contribution in [0.4, 0.5) is 5.69 Å². The highest BCUT2D eigenvalue weighted by atomic mass is 16.5. The number of likely N-dealkylation sites (tertiary alicyclic amines) is 1. The van der Waals surface area contributed by atoms with Crippen LogP contribution >= 0.6 is 0 Å². The Morgan fingerprint density at radius 3 is 3.11 bits per heavy atom. The van der Waals surface area contributed by atoms with E-state index in [2.05, 4.69) is 0 Å². The van der Waals surface area contributed by atoms with Gasteiger partial charge < -0.3 is 20.5 Å². The predicted molar refractivity (Wildman–Crippen MR) is 72.8 cm³/mol. The maximum Gasteiger partial charge on any atom is 0.226 e. The van der Waals surface area contributed by atoms with Crippen molar-refractivity contribution in [2.24, 2.45) is 0 Å². The van der Waals surface area contributed by atoms with Crippen LogP contribution in [-0.4, -0.2) is 41.7 Å². The maximum atomic E-state index is 11.9. The number of β-amino-alcohol motifs (C(OH)–C–C–N with tert-alkyl or cyclic N) is 1. The lowest BCUT2D eigenvalue weighted by Gasteiger charge is -2.30. The summed E-state index contributed by atoms with van der Waals surface area (Å²) in [5.74, 6) is 0.703. The molecule has 0 aliphatic carbocycles. The van der Waals surface area contributed by atoms with E-state index in [9.17, 15) is 9.90 Å². The first-order valence-corrected chi connectivity index (χ1v) is 6.59. The Labute approximate surface area is 113 Å². The van der Waals surface area contributed by atoms with Crippen LogP contribution < -0.4 is 10.5 Å². The Morgan fingerprint density at radius 2 is 2.37 bits per heavy atom. The fourth-order valence-corrected chi connectivity index (χ4v) is 2.20. The lowest BCUT2D eigenvalue weighted by molar-refractivity contribution is -0.134. The smallest absolute Gasteiger partial charge is 0.226 e. The van der Waals surface area contributed by atoms with Crippen molar-refractivity contribution in [3.63, 3.8) is 0 Å². The number of aliphatic hydroxyl groups is 1. The number of nitrogens with zero attached hydrogens (tertiary/aromatic N) is 1. The quantitative estimate of drug-likeness (QED) is 0.796. The number of benzene rings is 1. The zero-order chi connectivity index (χ0) is 13.7. The van der Waals surface area contributed by atoms with Crippen molar-refractivity contribution in [3.05, 3.63) is 24.3 Å². The van der Waals surface area contributed by atoms with Gasteiger partial charge in [-0.1, -0.05) is 6.07 Å². The number of amides is 1. The molecule has 1 heterocycles. The van der Waals surface area contributed by atoms with Crippen LogP contribution in [0.1, 0.15) is 19.3 Å². The van der Waals surface area contributed by atoms with Gasteiger partial charge in [0.2, 0.25) is 5.91 Å².